The van der Waals surface area contributed by atoms with E-state index in [9.17, 15) is 0 Å². The highest BCUT2D eigenvalue weighted by Crippen LogP contribution is 2.27. The van der Waals surface area contributed by atoms with Crippen LogP contribution in [0.1, 0.15) is 6.92 Å². The topological polar surface area (TPSA) is 40.1 Å². The van der Waals surface area contributed by atoms with Crippen LogP contribution >= 0.6 is 0 Å². The maximum Gasteiger partial charge on any atom is 0.198 e. The van der Waals surface area contributed by atoms with Crippen molar-refractivity contribution in [2.24, 2.45) is 4.99 Å². The zero-order chi connectivity index (χ0) is 15.4. The van der Waals surface area contributed by atoms with Crippen molar-refractivity contribution < 1.29 is 4.74 Å². The molecule has 2 aliphatic heterocycles. The van der Waals surface area contributed by atoms with Crippen LogP contribution in [0.2, 0.25) is 0 Å². The van der Waals surface area contributed by atoms with E-state index in [1.54, 1.807) is 0 Å². The third-order valence-corrected chi connectivity index (χ3v) is 3.89. The van der Waals surface area contributed by atoms with Gasteiger partial charge in [0.05, 0.1) is 31.1 Å². The number of hydrogen-bond donors (Lipinski definition) is 1. The second-order valence-corrected chi connectivity index (χ2v) is 5.83. The molecule has 1 aromatic rings. The Kier molecular flexibility index (Phi) is 4.63. The molecule has 0 atom stereocenters. The first-order valence-electron chi connectivity index (χ1n) is 7.86. The summed E-state index contributed by atoms with van der Waals surface area (Å²) in [5, 5.41) is 3.51. The van der Waals surface area contributed by atoms with Crippen molar-refractivity contribution in [1.29, 1.82) is 0 Å². The maximum atomic E-state index is 5.45. The highest BCUT2D eigenvalue weighted by atomic mass is 16.5. The van der Waals surface area contributed by atoms with Gasteiger partial charge in [0.1, 0.15) is 0 Å². The summed E-state index contributed by atoms with van der Waals surface area (Å²) in [5.74, 6) is 0.948. The Bertz CT molecular complexity index is 564. The molecule has 0 radical (unpaired) electrons. The van der Waals surface area contributed by atoms with Crippen LogP contribution in [-0.2, 0) is 4.74 Å². The first-order valence-corrected chi connectivity index (χ1v) is 7.86. The summed E-state index contributed by atoms with van der Waals surface area (Å²) in [6.45, 7) is 12.1. The first kappa shape index (κ1) is 14.9. The number of aliphatic imine (C=N–C) groups is 1. The largest absolute Gasteiger partial charge is 0.378 e. The molecule has 3 rings (SSSR count). The van der Waals surface area contributed by atoms with E-state index >= 15 is 0 Å². The minimum atomic E-state index is 0.789. The van der Waals surface area contributed by atoms with Gasteiger partial charge >= 0.3 is 0 Å². The van der Waals surface area contributed by atoms with E-state index in [1.165, 1.54) is 5.69 Å². The Morgan fingerprint density at radius 1 is 1.27 bits per heavy atom. The molecule has 22 heavy (non-hydrogen) atoms. The van der Waals surface area contributed by atoms with Crippen LogP contribution in [0.3, 0.4) is 0 Å². The van der Waals surface area contributed by atoms with Crippen LogP contribution in [-0.4, -0.2) is 56.8 Å². The minimum Gasteiger partial charge on any atom is -0.378 e. The van der Waals surface area contributed by atoms with Gasteiger partial charge < -0.3 is 19.9 Å². The molecule has 0 unspecified atom stereocenters. The fourth-order valence-corrected chi connectivity index (χ4v) is 2.86. The monoisotopic (exact) mass is 300 g/mol. The van der Waals surface area contributed by atoms with Gasteiger partial charge in [0.25, 0.3) is 0 Å². The van der Waals surface area contributed by atoms with E-state index in [0.29, 0.717) is 0 Å². The minimum absolute atomic E-state index is 0.789. The van der Waals surface area contributed by atoms with E-state index in [0.717, 1.165) is 63.2 Å². The van der Waals surface area contributed by atoms with E-state index in [1.807, 2.05) is 0 Å². The second-order valence-electron chi connectivity index (χ2n) is 5.83. The molecular weight excluding hydrogens is 276 g/mol. The Morgan fingerprint density at radius 2 is 2.05 bits per heavy atom. The summed E-state index contributed by atoms with van der Waals surface area (Å²) in [6.07, 6.45) is 0. The summed E-state index contributed by atoms with van der Waals surface area (Å²) in [6, 6.07) is 8.42. The lowest BCUT2D eigenvalue weighted by Gasteiger charge is -2.31. The molecular formula is C17H24N4O. The van der Waals surface area contributed by atoms with Crippen molar-refractivity contribution in [3.8, 4) is 0 Å². The number of rotatable bonds is 4. The molecule has 0 spiro atoms. The Morgan fingerprint density at radius 3 is 2.82 bits per heavy atom. The normalized spacial score (nSPS) is 18.3. The third kappa shape index (κ3) is 3.42. The van der Waals surface area contributed by atoms with Gasteiger partial charge in [-0.1, -0.05) is 24.3 Å². The summed E-state index contributed by atoms with van der Waals surface area (Å²) >= 11 is 0. The van der Waals surface area contributed by atoms with E-state index in [-0.39, 0.29) is 0 Å². The van der Waals surface area contributed by atoms with Gasteiger partial charge in [-0.15, -0.1) is 0 Å². The third-order valence-electron chi connectivity index (χ3n) is 3.89. The fraction of sp³-hybridized carbons (Fsp3) is 0.471. The van der Waals surface area contributed by atoms with Crippen molar-refractivity contribution >= 4 is 17.3 Å². The lowest BCUT2D eigenvalue weighted by molar-refractivity contribution is 0.123. The molecule has 0 bridgehead atoms. The Hall–Kier alpha value is -2.01. The van der Waals surface area contributed by atoms with Gasteiger partial charge in [-0.25, -0.2) is 0 Å². The lowest BCUT2D eigenvalue weighted by Crippen LogP contribution is -2.38. The highest BCUT2D eigenvalue weighted by Gasteiger charge is 2.20. The summed E-state index contributed by atoms with van der Waals surface area (Å²) in [4.78, 5) is 9.21. The van der Waals surface area contributed by atoms with Crippen molar-refractivity contribution in [3.63, 3.8) is 0 Å². The summed E-state index contributed by atoms with van der Waals surface area (Å²) in [7, 11) is 0. The average molecular weight is 300 g/mol. The van der Waals surface area contributed by atoms with Crippen molar-refractivity contribution in [1.82, 2.24) is 4.90 Å². The summed E-state index contributed by atoms with van der Waals surface area (Å²) in [5.41, 5.74) is 3.48. The zero-order valence-corrected chi connectivity index (χ0v) is 13.2. The quantitative estimate of drug-likeness (QED) is 0.865. The van der Waals surface area contributed by atoms with Gasteiger partial charge in [0.2, 0.25) is 0 Å². The van der Waals surface area contributed by atoms with Crippen LogP contribution in [0.15, 0.2) is 41.4 Å². The molecule has 1 fully saturated rings. The predicted molar refractivity (Wildman–Crippen MR) is 91.8 cm³/mol. The number of anilines is 2. The molecule has 1 aromatic carbocycles. The van der Waals surface area contributed by atoms with E-state index in [2.05, 4.69) is 57.9 Å². The van der Waals surface area contributed by atoms with Gasteiger partial charge in [0, 0.05) is 26.2 Å². The van der Waals surface area contributed by atoms with Crippen molar-refractivity contribution in [3.05, 3.63) is 36.4 Å². The van der Waals surface area contributed by atoms with Crippen molar-refractivity contribution in [2.45, 2.75) is 6.92 Å². The number of guanidine groups is 1. The molecule has 118 valence electrons. The molecule has 2 heterocycles. The first-order chi connectivity index (χ1) is 10.7. The average Bonchev–Trinajstić information content (AvgIpc) is 2.95. The molecule has 0 aromatic heterocycles. The molecule has 1 saturated heterocycles. The molecule has 0 saturated carbocycles. The smallest absolute Gasteiger partial charge is 0.198 e. The van der Waals surface area contributed by atoms with Crippen LogP contribution in [0.4, 0.5) is 11.4 Å². The number of benzene rings is 1. The molecule has 5 heteroatoms. The standard InChI is InChI=1S/C17H24N4O/c1-14(2)13-21-8-7-18-17(21)19-15-5-3-4-6-16(15)20-9-11-22-12-10-20/h3-6H,1,7-13H2,2H3,(H,18,19). The zero-order valence-electron chi connectivity index (χ0n) is 13.2. The van der Waals surface area contributed by atoms with Gasteiger partial charge in [0.15, 0.2) is 5.96 Å². The van der Waals surface area contributed by atoms with Gasteiger partial charge in [-0.05, 0) is 19.1 Å². The number of morpholine rings is 1. The maximum absolute atomic E-state index is 5.45. The fourth-order valence-electron chi connectivity index (χ4n) is 2.86. The molecule has 2 aliphatic rings. The number of para-hydroxylation sites is 2. The lowest BCUT2D eigenvalue weighted by atomic mass is 10.2. The van der Waals surface area contributed by atoms with Gasteiger partial charge in [-0.2, -0.15) is 0 Å². The number of hydrogen-bond acceptors (Lipinski definition) is 5. The number of ether oxygens (including phenoxy) is 1. The molecule has 0 aliphatic carbocycles. The predicted octanol–water partition coefficient (Wildman–Crippen LogP) is 2.18. The number of nitrogens with zero attached hydrogens (tertiary/aromatic N) is 3. The number of nitrogens with one attached hydrogen (secondary N) is 1. The van der Waals surface area contributed by atoms with Crippen LogP contribution in [0.25, 0.3) is 0 Å². The van der Waals surface area contributed by atoms with Gasteiger partial charge in [-0.3, -0.25) is 4.99 Å². The molecule has 0 amide bonds. The SMILES string of the molecule is C=C(C)CN1CCN=C1Nc1ccccc1N1CCOCC1. The Labute approximate surface area is 132 Å². The van der Waals surface area contributed by atoms with E-state index < -0.39 is 0 Å². The van der Waals surface area contributed by atoms with Crippen molar-refractivity contribution in [2.75, 3.05) is 56.2 Å². The molecule has 5 nitrogen and oxygen atoms in total. The van der Waals surface area contributed by atoms with Crippen LogP contribution in [0, 0.1) is 0 Å². The second kappa shape index (κ2) is 6.83. The van der Waals surface area contributed by atoms with E-state index in [4.69, 9.17) is 4.74 Å². The Balaban J connectivity index is 1.76. The van der Waals surface area contributed by atoms with Crippen LogP contribution in [0.5, 0.6) is 0 Å². The molecule has 1 N–H and O–H groups in total. The van der Waals surface area contributed by atoms with Crippen LogP contribution < -0.4 is 10.2 Å². The summed E-state index contributed by atoms with van der Waals surface area (Å²) < 4.78 is 5.45. The highest BCUT2D eigenvalue weighted by molar-refractivity contribution is 5.97.